The molecule has 0 unspecified atom stereocenters. The highest BCUT2D eigenvalue weighted by atomic mass is 32.1. The molecule has 3 heterocycles. The summed E-state index contributed by atoms with van der Waals surface area (Å²) < 4.78 is 0. The first-order valence-electron chi connectivity index (χ1n) is 7.74. The monoisotopic (exact) mass is 302 g/mol. The molecule has 0 atom stereocenters. The first-order valence-corrected chi connectivity index (χ1v) is 8.56. The summed E-state index contributed by atoms with van der Waals surface area (Å²) in [5.41, 5.74) is 1.20. The highest BCUT2D eigenvalue weighted by Crippen LogP contribution is 2.26. The lowest BCUT2D eigenvalue weighted by Gasteiger charge is -2.22. The molecule has 3 rings (SSSR count). The number of aryl methyl sites for hydroxylation is 1. The van der Waals surface area contributed by atoms with Crippen LogP contribution in [-0.2, 0) is 6.42 Å². The van der Waals surface area contributed by atoms with Crippen molar-refractivity contribution in [1.82, 2.24) is 15.3 Å². The van der Waals surface area contributed by atoms with Crippen LogP contribution in [0.15, 0.2) is 24.4 Å². The van der Waals surface area contributed by atoms with Crippen molar-refractivity contribution in [3.05, 3.63) is 35.0 Å². The van der Waals surface area contributed by atoms with Gasteiger partial charge in [-0.2, -0.15) is 0 Å². The van der Waals surface area contributed by atoms with Crippen LogP contribution in [0.3, 0.4) is 0 Å². The number of anilines is 2. The van der Waals surface area contributed by atoms with Gasteiger partial charge in [-0.25, -0.2) is 9.97 Å². The zero-order chi connectivity index (χ0) is 14.5. The molecule has 112 valence electrons. The molecule has 21 heavy (non-hydrogen) atoms. The van der Waals surface area contributed by atoms with E-state index in [0.717, 1.165) is 36.9 Å². The minimum atomic E-state index is 0.583. The van der Waals surface area contributed by atoms with Crippen LogP contribution in [0.1, 0.15) is 42.7 Å². The number of piperidine rings is 1. The van der Waals surface area contributed by atoms with Crippen LogP contribution >= 0.6 is 11.3 Å². The van der Waals surface area contributed by atoms with Crippen LogP contribution < -0.4 is 10.6 Å². The normalized spacial score (nSPS) is 16.0. The van der Waals surface area contributed by atoms with Crippen LogP contribution in [-0.4, -0.2) is 23.1 Å². The van der Waals surface area contributed by atoms with E-state index in [4.69, 9.17) is 4.98 Å². The van der Waals surface area contributed by atoms with E-state index in [1.807, 2.05) is 12.3 Å². The predicted octanol–water partition coefficient (Wildman–Crippen LogP) is 3.70. The largest absolute Gasteiger partial charge is 0.317 e. The lowest BCUT2D eigenvalue weighted by molar-refractivity contribution is 0.453. The van der Waals surface area contributed by atoms with Gasteiger partial charge >= 0.3 is 0 Å². The van der Waals surface area contributed by atoms with Crippen molar-refractivity contribution in [3.63, 3.8) is 0 Å². The third kappa shape index (κ3) is 3.80. The molecule has 0 saturated carbocycles. The van der Waals surface area contributed by atoms with Gasteiger partial charge in [0.15, 0.2) is 5.13 Å². The Balaban J connectivity index is 1.69. The fraction of sp³-hybridized carbons (Fsp3) is 0.500. The average molecular weight is 302 g/mol. The molecule has 0 bridgehead atoms. The van der Waals surface area contributed by atoms with Gasteiger partial charge < -0.3 is 10.6 Å². The van der Waals surface area contributed by atoms with E-state index in [1.54, 1.807) is 11.3 Å². The SMILES string of the molecule is CCCc1cnc(Nc2cccc(C3CCNCC3)n2)s1. The molecule has 0 amide bonds. The molecule has 0 radical (unpaired) electrons. The number of hydrogen-bond donors (Lipinski definition) is 2. The maximum absolute atomic E-state index is 4.77. The molecule has 1 saturated heterocycles. The smallest absolute Gasteiger partial charge is 0.188 e. The first-order chi connectivity index (χ1) is 10.3. The molecule has 1 fully saturated rings. The lowest BCUT2D eigenvalue weighted by atomic mass is 9.94. The Hall–Kier alpha value is -1.46. The standard InChI is InChI=1S/C16H22N4S/c1-2-4-13-11-18-16(21-13)20-15-6-3-5-14(19-15)12-7-9-17-10-8-12/h3,5-6,11-12,17H,2,4,7-10H2,1H3,(H,18,19,20). The number of nitrogens with zero attached hydrogens (tertiary/aromatic N) is 2. The van der Waals surface area contributed by atoms with Crippen LogP contribution in [0, 0.1) is 0 Å². The van der Waals surface area contributed by atoms with Crippen LogP contribution in [0.5, 0.6) is 0 Å². The fourth-order valence-corrected chi connectivity index (χ4v) is 3.62. The summed E-state index contributed by atoms with van der Waals surface area (Å²) in [6.45, 7) is 4.38. The van der Waals surface area contributed by atoms with Gasteiger partial charge in [-0.3, -0.25) is 0 Å². The van der Waals surface area contributed by atoms with Crippen LogP contribution in [0.4, 0.5) is 10.9 Å². The van der Waals surface area contributed by atoms with Gasteiger partial charge in [-0.05, 0) is 44.5 Å². The van der Waals surface area contributed by atoms with Crippen molar-refractivity contribution < 1.29 is 0 Å². The van der Waals surface area contributed by atoms with Gasteiger partial charge in [-0.1, -0.05) is 19.4 Å². The molecule has 0 spiro atoms. The van der Waals surface area contributed by atoms with Crippen molar-refractivity contribution in [3.8, 4) is 0 Å². The van der Waals surface area contributed by atoms with Gasteiger partial charge in [0, 0.05) is 22.7 Å². The highest BCUT2D eigenvalue weighted by Gasteiger charge is 2.16. The zero-order valence-corrected chi connectivity index (χ0v) is 13.2. The van der Waals surface area contributed by atoms with E-state index in [-0.39, 0.29) is 0 Å². The molecule has 0 aliphatic carbocycles. The Bertz CT molecular complexity index is 575. The van der Waals surface area contributed by atoms with E-state index in [1.165, 1.54) is 23.4 Å². The number of hydrogen-bond acceptors (Lipinski definition) is 5. The summed E-state index contributed by atoms with van der Waals surface area (Å²) in [6, 6.07) is 6.25. The van der Waals surface area contributed by atoms with Gasteiger partial charge in [-0.15, -0.1) is 11.3 Å². The quantitative estimate of drug-likeness (QED) is 0.884. The minimum absolute atomic E-state index is 0.583. The van der Waals surface area contributed by atoms with Gasteiger partial charge in [0.1, 0.15) is 5.82 Å². The summed E-state index contributed by atoms with van der Waals surface area (Å²) >= 11 is 1.72. The maximum atomic E-state index is 4.77. The maximum Gasteiger partial charge on any atom is 0.188 e. The molecule has 2 N–H and O–H groups in total. The second kappa shape index (κ2) is 7.00. The second-order valence-corrected chi connectivity index (χ2v) is 6.59. The number of rotatable bonds is 5. The Labute approximate surface area is 130 Å². The molecule has 0 aromatic carbocycles. The zero-order valence-electron chi connectivity index (χ0n) is 12.4. The van der Waals surface area contributed by atoms with E-state index in [2.05, 4.69) is 34.7 Å². The number of nitrogens with one attached hydrogen (secondary N) is 2. The van der Waals surface area contributed by atoms with Crippen molar-refractivity contribution >= 4 is 22.3 Å². The van der Waals surface area contributed by atoms with E-state index < -0.39 is 0 Å². The number of aromatic nitrogens is 2. The Kier molecular flexibility index (Phi) is 4.83. The average Bonchev–Trinajstić information content (AvgIpc) is 2.96. The molecule has 2 aromatic rings. The van der Waals surface area contributed by atoms with E-state index in [0.29, 0.717) is 5.92 Å². The molecule has 1 aliphatic rings. The van der Waals surface area contributed by atoms with E-state index in [9.17, 15) is 0 Å². The van der Waals surface area contributed by atoms with Crippen molar-refractivity contribution in [2.75, 3.05) is 18.4 Å². The summed E-state index contributed by atoms with van der Waals surface area (Å²) in [7, 11) is 0. The van der Waals surface area contributed by atoms with Crippen LogP contribution in [0.25, 0.3) is 0 Å². The van der Waals surface area contributed by atoms with Gasteiger partial charge in [0.25, 0.3) is 0 Å². The second-order valence-electron chi connectivity index (χ2n) is 5.48. The lowest BCUT2D eigenvalue weighted by Crippen LogP contribution is -2.27. The molecular weight excluding hydrogens is 280 g/mol. The fourth-order valence-electron chi connectivity index (χ4n) is 2.70. The number of thiazole rings is 1. The molecule has 2 aromatic heterocycles. The summed E-state index contributed by atoms with van der Waals surface area (Å²) in [4.78, 5) is 10.5. The third-order valence-corrected chi connectivity index (χ3v) is 4.79. The van der Waals surface area contributed by atoms with Gasteiger partial charge in [0.05, 0.1) is 0 Å². The van der Waals surface area contributed by atoms with Crippen molar-refractivity contribution in [1.29, 1.82) is 0 Å². The Morgan fingerprint density at radius 1 is 1.33 bits per heavy atom. The van der Waals surface area contributed by atoms with Crippen molar-refractivity contribution in [2.45, 2.75) is 38.5 Å². The molecule has 5 heteroatoms. The highest BCUT2D eigenvalue weighted by molar-refractivity contribution is 7.15. The topological polar surface area (TPSA) is 49.8 Å². The third-order valence-electron chi connectivity index (χ3n) is 3.81. The molecule has 1 aliphatic heterocycles. The summed E-state index contributed by atoms with van der Waals surface area (Å²) in [6.07, 6.45) is 6.57. The van der Waals surface area contributed by atoms with Gasteiger partial charge in [0.2, 0.25) is 0 Å². The number of pyridine rings is 1. The Morgan fingerprint density at radius 2 is 2.19 bits per heavy atom. The van der Waals surface area contributed by atoms with Crippen molar-refractivity contribution in [2.24, 2.45) is 0 Å². The summed E-state index contributed by atoms with van der Waals surface area (Å²) in [5.74, 6) is 1.49. The first kappa shape index (κ1) is 14.5. The minimum Gasteiger partial charge on any atom is -0.317 e. The summed E-state index contributed by atoms with van der Waals surface area (Å²) in [5, 5.41) is 7.68. The molecule has 4 nitrogen and oxygen atoms in total. The predicted molar refractivity (Wildman–Crippen MR) is 88.5 cm³/mol. The van der Waals surface area contributed by atoms with E-state index >= 15 is 0 Å². The molecular formula is C16H22N4S. The Morgan fingerprint density at radius 3 is 3.00 bits per heavy atom. The van der Waals surface area contributed by atoms with Crippen LogP contribution in [0.2, 0.25) is 0 Å².